The van der Waals surface area contributed by atoms with Gasteiger partial charge in [-0.3, -0.25) is 4.79 Å². The average Bonchev–Trinajstić information content (AvgIpc) is 3.15. The Labute approximate surface area is 213 Å². The van der Waals surface area contributed by atoms with Gasteiger partial charge in [-0.05, 0) is 55.2 Å². The molecular formula is C28H25ClN6O. The number of nitrogens with two attached hydrogens (primary N) is 1. The fourth-order valence-corrected chi connectivity index (χ4v) is 4.29. The minimum absolute atomic E-state index is 0.0705. The van der Waals surface area contributed by atoms with Gasteiger partial charge >= 0.3 is 0 Å². The number of nitrogens with one attached hydrogen (secondary N) is 1. The molecule has 180 valence electrons. The summed E-state index contributed by atoms with van der Waals surface area (Å²) in [4.78, 5) is 22.9. The van der Waals surface area contributed by atoms with Gasteiger partial charge < -0.3 is 11.1 Å². The highest BCUT2D eigenvalue weighted by Crippen LogP contribution is 2.28. The van der Waals surface area contributed by atoms with Crippen molar-refractivity contribution in [1.82, 2.24) is 20.0 Å². The molecule has 1 atom stereocenters. The number of fused-ring (bicyclic) bond motifs is 2. The van der Waals surface area contributed by atoms with E-state index in [1.807, 2.05) is 61.5 Å². The molecule has 3 N–H and O–H groups in total. The van der Waals surface area contributed by atoms with Crippen LogP contribution in [0.5, 0.6) is 0 Å². The van der Waals surface area contributed by atoms with Crippen molar-refractivity contribution in [2.75, 3.05) is 5.73 Å². The molecule has 0 saturated carbocycles. The number of halogens is 1. The Bertz CT molecular complexity index is 1580. The molecule has 0 aliphatic rings. The van der Waals surface area contributed by atoms with E-state index in [1.54, 1.807) is 18.3 Å². The first-order chi connectivity index (χ1) is 17.5. The minimum Gasteiger partial charge on any atom is -0.383 e. The number of para-hydroxylation sites is 2. The second kappa shape index (κ2) is 10.2. The van der Waals surface area contributed by atoms with Crippen molar-refractivity contribution in [1.29, 1.82) is 0 Å². The van der Waals surface area contributed by atoms with E-state index in [0.717, 1.165) is 18.4 Å². The quantitative estimate of drug-likeness (QED) is 0.292. The van der Waals surface area contributed by atoms with Crippen molar-refractivity contribution in [3.05, 3.63) is 101 Å². The molecule has 2 aromatic heterocycles. The number of carbonyl (C=O) groups is 1. The maximum Gasteiger partial charge on any atom is 0.257 e. The lowest BCUT2D eigenvalue weighted by Crippen LogP contribution is -2.33. The summed E-state index contributed by atoms with van der Waals surface area (Å²) in [6, 6.07) is 24.9. The molecule has 0 aliphatic carbocycles. The van der Waals surface area contributed by atoms with Crippen molar-refractivity contribution in [3.8, 4) is 0 Å². The third kappa shape index (κ3) is 4.92. The lowest BCUT2D eigenvalue weighted by Gasteiger charge is -2.14. The van der Waals surface area contributed by atoms with Crippen molar-refractivity contribution < 1.29 is 4.79 Å². The summed E-state index contributed by atoms with van der Waals surface area (Å²) in [5.41, 5.74) is 10.9. The Morgan fingerprint density at radius 1 is 1.06 bits per heavy atom. The Kier molecular flexibility index (Phi) is 6.64. The first kappa shape index (κ1) is 23.5. The fraction of sp³-hybridized carbons (Fsp3) is 0.143. The van der Waals surface area contributed by atoms with E-state index < -0.39 is 0 Å². The van der Waals surface area contributed by atoms with Crippen LogP contribution in [-0.2, 0) is 6.42 Å². The maximum absolute atomic E-state index is 13.4. The van der Waals surface area contributed by atoms with E-state index in [4.69, 9.17) is 27.3 Å². The highest BCUT2D eigenvalue weighted by atomic mass is 35.5. The number of aryl methyl sites for hydroxylation is 1. The zero-order chi connectivity index (χ0) is 25.1. The molecule has 5 aromatic rings. The van der Waals surface area contributed by atoms with E-state index >= 15 is 0 Å². The highest BCUT2D eigenvalue weighted by molar-refractivity contribution is 6.30. The number of amides is 1. The van der Waals surface area contributed by atoms with Gasteiger partial charge in [-0.25, -0.2) is 9.97 Å². The molecule has 0 saturated heterocycles. The molecule has 36 heavy (non-hydrogen) atoms. The molecule has 0 aliphatic heterocycles. The molecule has 7 nitrogen and oxygen atoms in total. The van der Waals surface area contributed by atoms with Gasteiger partial charge in [-0.2, -0.15) is 9.78 Å². The van der Waals surface area contributed by atoms with Crippen LogP contribution >= 0.6 is 11.6 Å². The zero-order valence-electron chi connectivity index (χ0n) is 19.7. The van der Waals surface area contributed by atoms with Gasteiger partial charge in [-0.15, -0.1) is 0 Å². The molecule has 5 rings (SSSR count). The van der Waals surface area contributed by atoms with E-state index in [-0.39, 0.29) is 23.3 Å². The van der Waals surface area contributed by atoms with Crippen LogP contribution in [0.2, 0.25) is 5.02 Å². The predicted octanol–water partition coefficient (Wildman–Crippen LogP) is 5.45. The van der Waals surface area contributed by atoms with Crippen LogP contribution in [0.15, 0.2) is 84.0 Å². The summed E-state index contributed by atoms with van der Waals surface area (Å²) in [5.74, 6) is -0.134. The van der Waals surface area contributed by atoms with Crippen molar-refractivity contribution >= 4 is 51.7 Å². The Morgan fingerprint density at radius 2 is 1.78 bits per heavy atom. The van der Waals surface area contributed by atoms with E-state index in [9.17, 15) is 4.79 Å². The lowest BCUT2D eigenvalue weighted by atomic mass is 10.1. The van der Waals surface area contributed by atoms with Crippen LogP contribution in [0, 0.1) is 0 Å². The SMILES string of the molecule is CC(CCc1ccccc1)NC(=O)c1c(N)n(/N=C/c2cccc(Cl)c2)c2nc3ccccc3nc12. The van der Waals surface area contributed by atoms with Gasteiger partial charge in [0.2, 0.25) is 0 Å². The monoisotopic (exact) mass is 496 g/mol. The zero-order valence-corrected chi connectivity index (χ0v) is 20.5. The summed E-state index contributed by atoms with van der Waals surface area (Å²) < 4.78 is 1.46. The van der Waals surface area contributed by atoms with Gasteiger partial charge in [0.05, 0.1) is 17.2 Å². The minimum atomic E-state index is -0.306. The number of anilines is 1. The predicted molar refractivity (Wildman–Crippen MR) is 146 cm³/mol. The molecule has 8 heteroatoms. The summed E-state index contributed by atoms with van der Waals surface area (Å²) >= 11 is 6.11. The van der Waals surface area contributed by atoms with Crippen LogP contribution < -0.4 is 11.1 Å². The number of nitrogen functional groups attached to an aromatic ring is 1. The van der Waals surface area contributed by atoms with E-state index in [2.05, 4.69) is 22.6 Å². The Hall–Kier alpha value is -4.23. The number of aromatic nitrogens is 3. The lowest BCUT2D eigenvalue weighted by molar-refractivity contribution is 0.0940. The molecule has 0 radical (unpaired) electrons. The van der Waals surface area contributed by atoms with Crippen LogP contribution in [0.4, 0.5) is 5.82 Å². The topological polar surface area (TPSA) is 98.2 Å². The normalized spacial score (nSPS) is 12.4. The number of nitrogens with zero attached hydrogens (tertiary/aromatic N) is 4. The van der Waals surface area contributed by atoms with Crippen molar-refractivity contribution in [2.45, 2.75) is 25.8 Å². The van der Waals surface area contributed by atoms with Gasteiger partial charge in [0.15, 0.2) is 5.65 Å². The third-order valence-corrected chi connectivity index (χ3v) is 6.19. The average molecular weight is 497 g/mol. The molecule has 1 unspecified atom stereocenters. The number of carbonyl (C=O) groups excluding carboxylic acids is 1. The van der Waals surface area contributed by atoms with Crippen LogP contribution in [-0.4, -0.2) is 32.8 Å². The Balaban J connectivity index is 1.50. The van der Waals surface area contributed by atoms with E-state index in [0.29, 0.717) is 27.2 Å². The standard InChI is InChI=1S/C28H25ClN6O/c1-18(14-15-19-8-3-2-4-9-19)32-28(36)24-25-27(34-23-13-6-5-12-22(23)33-25)35(26(24)30)31-17-20-10-7-11-21(29)16-20/h2-13,16-18H,14-15,30H2,1H3,(H,32,36)/b31-17+. The first-order valence-electron chi connectivity index (χ1n) is 11.7. The molecule has 1 amide bonds. The molecule has 2 heterocycles. The van der Waals surface area contributed by atoms with Gasteiger partial charge in [0.1, 0.15) is 16.9 Å². The van der Waals surface area contributed by atoms with Crippen LogP contribution in [0.25, 0.3) is 22.2 Å². The summed E-state index contributed by atoms with van der Waals surface area (Å²) in [7, 11) is 0. The van der Waals surface area contributed by atoms with Gasteiger partial charge in [-0.1, -0.05) is 66.2 Å². The fourth-order valence-electron chi connectivity index (χ4n) is 4.10. The largest absolute Gasteiger partial charge is 0.383 e. The second-order valence-electron chi connectivity index (χ2n) is 8.65. The Morgan fingerprint density at radius 3 is 2.53 bits per heavy atom. The first-order valence-corrected chi connectivity index (χ1v) is 12.1. The van der Waals surface area contributed by atoms with Gasteiger partial charge in [0.25, 0.3) is 5.91 Å². The molecule has 0 bridgehead atoms. The number of rotatable bonds is 7. The summed E-state index contributed by atoms with van der Waals surface area (Å²) in [5, 5.41) is 8.21. The van der Waals surface area contributed by atoms with Crippen LogP contribution in [0.1, 0.15) is 34.8 Å². The molecule has 3 aromatic carbocycles. The highest BCUT2D eigenvalue weighted by Gasteiger charge is 2.25. The second-order valence-corrected chi connectivity index (χ2v) is 9.09. The van der Waals surface area contributed by atoms with Crippen molar-refractivity contribution in [2.24, 2.45) is 5.10 Å². The molecular weight excluding hydrogens is 472 g/mol. The van der Waals surface area contributed by atoms with Crippen LogP contribution in [0.3, 0.4) is 0 Å². The summed E-state index contributed by atoms with van der Waals surface area (Å²) in [6.07, 6.45) is 3.27. The van der Waals surface area contributed by atoms with E-state index in [1.165, 1.54) is 10.2 Å². The van der Waals surface area contributed by atoms with Crippen molar-refractivity contribution in [3.63, 3.8) is 0 Å². The maximum atomic E-state index is 13.4. The summed E-state index contributed by atoms with van der Waals surface area (Å²) in [6.45, 7) is 1.98. The number of hydrogen-bond donors (Lipinski definition) is 2. The molecule has 0 fully saturated rings. The van der Waals surface area contributed by atoms with Gasteiger partial charge in [0, 0.05) is 11.1 Å². The smallest absolute Gasteiger partial charge is 0.257 e. The third-order valence-electron chi connectivity index (χ3n) is 5.96. The number of benzene rings is 3. The molecule has 0 spiro atoms. The number of hydrogen-bond acceptors (Lipinski definition) is 5.